The zero-order valence-electron chi connectivity index (χ0n) is 11.2. The Balaban J connectivity index is 1.72. The van der Waals surface area contributed by atoms with E-state index in [1.54, 1.807) is 34.6 Å². The monoisotopic (exact) mass is 296 g/mol. The molecule has 0 unspecified atom stereocenters. The average molecular weight is 296 g/mol. The number of rotatable bonds is 2. The SMILES string of the molecule is O=C1CCCc2sc(-c3cnn(-c4cccnc4)c3)nc21. The number of aryl methyl sites for hydroxylation is 1. The summed E-state index contributed by atoms with van der Waals surface area (Å²) in [5, 5.41) is 5.21. The lowest BCUT2D eigenvalue weighted by molar-refractivity contribution is 0.0968. The number of hydrogen-bond acceptors (Lipinski definition) is 5. The first-order valence-electron chi connectivity index (χ1n) is 6.79. The second-order valence-corrected chi connectivity index (χ2v) is 6.04. The predicted octanol–water partition coefficient (Wildman–Crippen LogP) is 2.91. The second kappa shape index (κ2) is 4.89. The van der Waals surface area contributed by atoms with Crippen LogP contribution < -0.4 is 0 Å². The molecule has 3 aromatic heterocycles. The summed E-state index contributed by atoms with van der Waals surface area (Å²) in [5.41, 5.74) is 2.50. The summed E-state index contributed by atoms with van der Waals surface area (Å²) in [7, 11) is 0. The maximum atomic E-state index is 11.9. The highest BCUT2D eigenvalue weighted by atomic mass is 32.1. The molecule has 3 aromatic rings. The molecule has 0 aliphatic heterocycles. The smallest absolute Gasteiger partial charge is 0.182 e. The molecule has 6 heteroatoms. The number of carbonyl (C=O) groups is 1. The van der Waals surface area contributed by atoms with Crippen molar-refractivity contribution in [2.24, 2.45) is 0 Å². The molecule has 0 fully saturated rings. The van der Waals surface area contributed by atoms with Crippen molar-refractivity contribution in [2.45, 2.75) is 19.3 Å². The number of hydrogen-bond donors (Lipinski definition) is 0. The molecule has 0 atom stereocenters. The maximum Gasteiger partial charge on any atom is 0.182 e. The third-order valence-electron chi connectivity index (χ3n) is 3.51. The van der Waals surface area contributed by atoms with E-state index in [9.17, 15) is 4.79 Å². The quantitative estimate of drug-likeness (QED) is 0.729. The van der Waals surface area contributed by atoms with Gasteiger partial charge in [-0.25, -0.2) is 9.67 Å². The van der Waals surface area contributed by atoms with Gasteiger partial charge >= 0.3 is 0 Å². The molecule has 0 spiro atoms. The van der Waals surface area contributed by atoms with Gasteiger partial charge in [-0.3, -0.25) is 9.78 Å². The van der Waals surface area contributed by atoms with Crippen LogP contribution in [-0.4, -0.2) is 25.5 Å². The minimum Gasteiger partial charge on any atom is -0.292 e. The third kappa shape index (κ3) is 2.17. The number of nitrogens with zero attached hydrogens (tertiary/aromatic N) is 4. The number of aromatic nitrogens is 4. The molecule has 104 valence electrons. The van der Waals surface area contributed by atoms with Crippen molar-refractivity contribution in [1.29, 1.82) is 0 Å². The molecule has 3 heterocycles. The molecule has 5 nitrogen and oxygen atoms in total. The van der Waals surface area contributed by atoms with Crippen LogP contribution in [-0.2, 0) is 6.42 Å². The van der Waals surface area contributed by atoms with E-state index in [0.29, 0.717) is 12.1 Å². The van der Waals surface area contributed by atoms with E-state index in [0.717, 1.165) is 34.0 Å². The van der Waals surface area contributed by atoms with E-state index in [2.05, 4.69) is 15.1 Å². The van der Waals surface area contributed by atoms with Gasteiger partial charge in [0, 0.05) is 29.3 Å². The van der Waals surface area contributed by atoms with Gasteiger partial charge in [0.1, 0.15) is 10.7 Å². The first-order chi connectivity index (χ1) is 10.3. The summed E-state index contributed by atoms with van der Waals surface area (Å²) in [6.07, 6.45) is 9.69. The van der Waals surface area contributed by atoms with Crippen molar-refractivity contribution in [2.75, 3.05) is 0 Å². The fraction of sp³-hybridized carbons (Fsp3) is 0.200. The molecule has 4 rings (SSSR count). The zero-order valence-corrected chi connectivity index (χ0v) is 12.0. The van der Waals surface area contributed by atoms with Crippen LogP contribution >= 0.6 is 11.3 Å². The van der Waals surface area contributed by atoms with E-state index < -0.39 is 0 Å². The van der Waals surface area contributed by atoms with Gasteiger partial charge in [0.05, 0.1) is 18.1 Å². The highest BCUT2D eigenvalue weighted by molar-refractivity contribution is 7.15. The summed E-state index contributed by atoms with van der Waals surface area (Å²) < 4.78 is 1.77. The molecule has 0 saturated carbocycles. The first kappa shape index (κ1) is 12.4. The van der Waals surface area contributed by atoms with Crippen molar-refractivity contribution in [3.8, 4) is 16.3 Å². The molecule has 0 bridgehead atoms. The number of Topliss-reactive ketones (excluding diaryl/α,β-unsaturated/α-hetero) is 1. The van der Waals surface area contributed by atoms with Crippen LogP contribution in [0.25, 0.3) is 16.3 Å². The molecule has 0 amide bonds. The van der Waals surface area contributed by atoms with Crippen LogP contribution in [0, 0.1) is 0 Å². The number of fused-ring (bicyclic) bond motifs is 1. The summed E-state index contributed by atoms with van der Waals surface area (Å²) in [6, 6.07) is 3.82. The molecular formula is C15H12N4OS. The van der Waals surface area contributed by atoms with Crippen LogP contribution in [0.5, 0.6) is 0 Å². The largest absolute Gasteiger partial charge is 0.292 e. The van der Waals surface area contributed by atoms with Crippen LogP contribution in [0.4, 0.5) is 0 Å². The van der Waals surface area contributed by atoms with Crippen molar-refractivity contribution >= 4 is 17.1 Å². The summed E-state index contributed by atoms with van der Waals surface area (Å²) in [6.45, 7) is 0. The Morgan fingerprint density at radius 2 is 2.19 bits per heavy atom. The van der Waals surface area contributed by atoms with E-state index in [4.69, 9.17) is 0 Å². The highest BCUT2D eigenvalue weighted by Crippen LogP contribution is 2.32. The van der Waals surface area contributed by atoms with Crippen LogP contribution in [0.2, 0.25) is 0 Å². The summed E-state index contributed by atoms with van der Waals surface area (Å²) in [4.78, 5) is 21.6. The van der Waals surface area contributed by atoms with Gasteiger partial charge in [-0.1, -0.05) is 0 Å². The fourth-order valence-corrected chi connectivity index (χ4v) is 3.55. The lowest BCUT2D eigenvalue weighted by Gasteiger charge is -2.06. The number of carbonyl (C=O) groups excluding carboxylic acids is 1. The number of thiazole rings is 1. The summed E-state index contributed by atoms with van der Waals surface area (Å²) in [5.74, 6) is 0.165. The van der Waals surface area contributed by atoms with Crippen LogP contribution in [0.1, 0.15) is 28.2 Å². The third-order valence-corrected chi connectivity index (χ3v) is 4.67. The van der Waals surface area contributed by atoms with Crippen molar-refractivity contribution in [3.63, 3.8) is 0 Å². The Bertz CT molecular complexity index is 806. The van der Waals surface area contributed by atoms with Gasteiger partial charge in [-0.15, -0.1) is 11.3 Å². The van der Waals surface area contributed by atoms with Gasteiger partial charge in [-0.2, -0.15) is 5.10 Å². The predicted molar refractivity (Wildman–Crippen MR) is 79.7 cm³/mol. The summed E-state index contributed by atoms with van der Waals surface area (Å²) >= 11 is 1.60. The zero-order chi connectivity index (χ0) is 14.2. The van der Waals surface area contributed by atoms with E-state index in [1.165, 1.54) is 0 Å². The van der Waals surface area contributed by atoms with E-state index >= 15 is 0 Å². The normalized spacial score (nSPS) is 14.2. The van der Waals surface area contributed by atoms with Gasteiger partial charge in [0.2, 0.25) is 0 Å². The van der Waals surface area contributed by atoms with Crippen molar-refractivity contribution < 1.29 is 4.79 Å². The van der Waals surface area contributed by atoms with Gasteiger partial charge in [0.25, 0.3) is 0 Å². The van der Waals surface area contributed by atoms with Crippen LogP contribution in [0.15, 0.2) is 36.9 Å². The van der Waals surface area contributed by atoms with Gasteiger partial charge in [-0.05, 0) is 25.0 Å². The van der Waals surface area contributed by atoms with Crippen molar-refractivity contribution in [1.82, 2.24) is 19.7 Å². The Morgan fingerprint density at radius 3 is 3.00 bits per heavy atom. The first-order valence-corrected chi connectivity index (χ1v) is 7.61. The molecule has 0 saturated heterocycles. The lowest BCUT2D eigenvalue weighted by atomic mass is 10.0. The molecule has 1 aliphatic carbocycles. The highest BCUT2D eigenvalue weighted by Gasteiger charge is 2.23. The minimum absolute atomic E-state index is 0.165. The standard InChI is InChI=1S/C15H12N4OS/c20-12-4-1-5-13-14(12)18-15(21-13)10-7-17-19(9-10)11-3-2-6-16-8-11/h2-3,6-9H,1,4-5H2. The fourth-order valence-electron chi connectivity index (χ4n) is 2.45. The Labute approximate surface area is 125 Å². The van der Waals surface area contributed by atoms with Crippen LogP contribution in [0.3, 0.4) is 0 Å². The van der Waals surface area contributed by atoms with Gasteiger partial charge in [0.15, 0.2) is 5.78 Å². The number of pyridine rings is 1. The Kier molecular flexibility index (Phi) is 2.89. The molecule has 0 radical (unpaired) electrons. The lowest BCUT2D eigenvalue weighted by Crippen LogP contribution is -2.08. The second-order valence-electron chi connectivity index (χ2n) is 4.95. The molecule has 1 aliphatic rings. The number of ketones is 1. The Hall–Kier alpha value is -2.34. The molecule has 0 N–H and O–H groups in total. The minimum atomic E-state index is 0.165. The Morgan fingerprint density at radius 1 is 1.24 bits per heavy atom. The van der Waals surface area contributed by atoms with Gasteiger partial charge < -0.3 is 0 Å². The molecular weight excluding hydrogens is 284 g/mol. The topological polar surface area (TPSA) is 60.7 Å². The molecule has 0 aromatic carbocycles. The van der Waals surface area contributed by atoms with E-state index in [-0.39, 0.29) is 5.78 Å². The average Bonchev–Trinajstić information content (AvgIpc) is 3.15. The maximum absolute atomic E-state index is 11.9. The van der Waals surface area contributed by atoms with E-state index in [1.807, 2.05) is 18.3 Å². The molecule has 21 heavy (non-hydrogen) atoms. The van der Waals surface area contributed by atoms with Crippen molar-refractivity contribution in [3.05, 3.63) is 47.5 Å².